The predicted octanol–water partition coefficient (Wildman–Crippen LogP) is 2.68. The lowest BCUT2D eigenvalue weighted by atomic mass is 10.1. The highest BCUT2D eigenvalue weighted by Gasteiger charge is 2.30. The molecule has 1 saturated heterocycles. The average molecular weight is 371 g/mol. The number of morpholine rings is 1. The number of rotatable bonds is 4. The second kappa shape index (κ2) is 7.51. The number of carbonyl (C=O) groups is 1. The van der Waals surface area contributed by atoms with E-state index < -0.39 is 17.8 Å². The van der Waals surface area contributed by atoms with Crippen LogP contribution in [0, 0.1) is 0 Å². The Morgan fingerprint density at radius 1 is 1.44 bits per heavy atom. The maximum absolute atomic E-state index is 12.8. The van der Waals surface area contributed by atoms with Gasteiger partial charge in [-0.25, -0.2) is 4.98 Å². The van der Waals surface area contributed by atoms with E-state index in [1.165, 1.54) is 17.4 Å². The number of amides is 1. The van der Waals surface area contributed by atoms with Crippen LogP contribution in [0.4, 0.5) is 18.3 Å². The minimum absolute atomic E-state index is 0.236. The van der Waals surface area contributed by atoms with E-state index in [1.807, 2.05) is 0 Å². The van der Waals surface area contributed by atoms with E-state index in [9.17, 15) is 18.0 Å². The van der Waals surface area contributed by atoms with Crippen molar-refractivity contribution in [3.8, 4) is 0 Å². The molecular formula is C16H16F3N3O2S. The minimum Gasteiger partial charge on any atom is -0.378 e. The number of aromatic nitrogens is 1. The first kappa shape index (κ1) is 17.8. The lowest BCUT2D eigenvalue weighted by Gasteiger charge is -2.22. The summed E-state index contributed by atoms with van der Waals surface area (Å²) in [6.07, 6.45) is -2.48. The molecule has 1 aromatic heterocycles. The van der Waals surface area contributed by atoms with Gasteiger partial charge in [0, 0.05) is 24.0 Å². The first-order chi connectivity index (χ1) is 11.9. The topological polar surface area (TPSA) is 63.2 Å². The Morgan fingerprint density at radius 3 is 3.00 bits per heavy atom. The Labute approximate surface area is 146 Å². The minimum atomic E-state index is -4.36. The number of nitrogens with one attached hydrogen (secondary N) is 2. The fourth-order valence-electron chi connectivity index (χ4n) is 2.43. The van der Waals surface area contributed by atoms with Gasteiger partial charge in [0.15, 0.2) is 5.13 Å². The molecule has 1 amide bonds. The van der Waals surface area contributed by atoms with E-state index in [0.717, 1.165) is 17.0 Å². The van der Waals surface area contributed by atoms with Crippen LogP contribution >= 0.6 is 11.3 Å². The number of alkyl halides is 3. The SMILES string of the molecule is O=C(Nc1ncc(Cc2cccc(C(F)(F)F)c2)s1)C1COCCN1. The number of nitrogens with zero attached hydrogens (tertiary/aromatic N) is 1. The van der Waals surface area contributed by atoms with E-state index >= 15 is 0 Å². The van der Waals surface area contributed by atoms with Crippen molar-refractivity contribution >= 4 is 22.4 Å². The van der Waals surface area contributed by atoms with Crippen LogP contribution < -0.4 is 10.6 Å². The number of benzene rings is 1. The maximum Gasteiger partial charge on any atom is 0.416 e. The highest BCUT2D eigenvalue weighted by Crippen LogP contribution is 2.30. The Bertz CT molecular complexity index is 742. The normalized spacial score (nSPS) is 18.1. The van der Waals surface area contributed by atoms with Crippen molar-refractivity contribution in [3.63, 3.8) is 0 Å². The molecule has 2 N–H and O–H groups in total. The molecule has 25 heavy (non-hydrogen) atoms. The molecular weight excluding hydrogens is 355 g/mol. The average Bonchev–Trinajstić information content (AvgIpc) is 3.02. The predicted molar refractivity (Wildman–Crippen MR) is 87.6 cm³/mol. The quantitative estimate of drug-likeness (QED) is 0.868. The van der Waals surface area contributed by atoms with Crippen LogP contribution in [-0.4, -0.2) is 36.7 Å². The first-order valence-electron chi connectivity index (χ1n) is 7.64. The van der Waals surface area contributed by atoms with Crippen molar-refractivity contribution < 1.29 is 22.7 Å². The monoisotopic (exact) mass is 371 g/mol. The molecule has 2 aromatic rings. The first-order valence-corrected chi connectivity index (χ1v) is 8.46. The lowest BCUT2D eigenvalue weighted by molar-refractivity contribution is -0.137. The molecule has 1 atom stereocenters. The van der Waals surface area contributed by atoms with Gasteiger partial charge < -0.3 is 15.4 Å². The molecule has 2 heterocycles. The molecule has 0 saturated carbocycles. The Morgan fingerprint density at radius 2 is 2.28 bits per heavy atom. The van der Waals surface area contributed by atoms with E-state index in [2.05, 4.69) is 15.6 Å². The summed E-state index contributed by atoms with van der Waals surface area (Å²) in [5.41, 5.74) is -0.134. The zero-order valence-electron chi connectivity index (χ0n) is 13.1. The molecule has 1 fully saturated rings. The summed E-state index contributed by atoms with van der Waals surface area (Å²) >= 11 is 1.24. The third kappa shape index (κ3) is 4.77. The molecule has 1 aromatic carbocycles. The molecule has 9 heteroatoms. The molecule has 0 spiro atoms. The van der Waals surface area contributed by atoms with Gasteiger partial charge in [-0.05, 0) is 11.6 Å². The molecule has 1 aliphatic heterocycles. The Hall–Kier alpha value is -1.97. The van der Waals surface area contributed by atoms with Gasteiger partial charge in [-0.2, -0.15) is 13.2 Å². The van der Waals surface area contributed by atoms with Gasteiger partial charge in [-0.1, -0.05) is 18.2 Å². The van der Waals surface area contributed by atoms with Gasteiger partial charge in [-0.3, -0.25) is 4.79 Å². The van der Waals surface area contributed by atoms with Gasteiger partial charge in [0.2, 0.25) is 5.91 Å². The van der Waals surface area contributed by atoms with Crippen LogP contribution in [0.2, 0.25) is 0 Å². The van der Waals surface area contributed by atoms with E-state index in [4.69, 9.17) is 4.74 Å². The van der Waals surface area contributed by atoms with Crippen LogP contribution in [-0.2, 0) is 22.1 Å². The summed E-state index contributed by atoms with van der Waals surface area (Å²) in [5.74, 6) is -0.236. The van der Waals surface area contributed by atoms with Crippen molar-refractivity contribution in [1.82, 2.24) is 10.3 Å². The van der Waals surface area contributed by atoms with E-state index in [-0.39, 0.29) is 5.91 Å². The van der Waals surface area contributed by atoms with Crippen LogP contribution in [0.5, 0.6) is 0 Å². The number of anilines is 1. The molecule has 3 rings (SSSR count). The highest BCUT2D eigenvalue weighted by molar-refractivity contribution is 7.15. The fraction of sp³-hybridized carbons (Fsp3) is 0.375. The number of hydrogen-bond donors (Lipinski definition) is 2. The zero-order chi connectivity index (χ0) is 17.9. The molecule has 0 aliphatic carbocycles. The van der Waals surface area contributed by atoms with Gasteiger partial charge >= 0.3 is 6.18 Å². The number of ether oxygens (including phenoxy) is 1. The number of thiazole rings is 1. The standard InChI is InChI=1S/C16H16F3N3O2S/c17-16(18,19)11-3-1-2-10(6-11)7-12-8-21-15(25-12)22-14(23)13-9-24-5-4-20-13/h1-3,6,8,13,20H,4-5,7,9H2,(H,21,22,23). The van der Waals surface area contributed by atoms with Crippen molar-refractivity contribution in [2.75, 3.05) is 25.1 Å². The van der Waals surface area contributed by atoms with Crippen LogP contribution in [0.15, 0.2) is 30.5 Å². The summed E-state index contributed by atoms with van der Waals surface area (Å²) < 4.78 is 43.5. The molecule has 1 aliphatic rings. The molecule has 0 bridgehead atoms. The van der Waals surface area contributed by atoms with Crippen LogP contribution in [0.1, 0.15) is 16.0 Å². The summed E-state index contributed by atoms with van der Waals surface area (Å²) in [4.78, 5) is 17.0. The summed E-state index contributed by atoms with van der Waals surface area (Å²) in [7, 11) is 0. The Balaban J connectivity index is 1.63. The van der Waals surface area contributed by atoms with Crippen molar-refractivity contribution in [2.45, 2.75) is 18.6 Å². The summed E-state index contributed by atoms with van der Waals surface area (Å²) in [6, 6.07) is 4.76. The zero-order valence-corrected chi connectivity index (χ0v) is 13.9. The molecule has 5 nitrogen and oxygen atoms in total. The second-order valence-electron chi connectivity index (χ2n) is 5.58. The molecule has 134 valence electrons. The molecule has 0 radical (unpaired) electrons. The van der Waals surface area contributed by atoms with Crippen LogP contribution in [0.25, 0.3) is 0 Å². The van der Waals surface area contributed by atoms with Gasteiger partial charge in [-0.15, -0.1) is 11.3 Å². The third-order valence-corrected chi connectivity index (χ3v) is 4.57. The van der Waals surface area contributed by atoms with Gasteiger partial charge in [0.25, 0.3) is 0 Å². The smallest absolute Gasteiger partial charge is 0.378 e. The highest BCUT2D eigenvalue weighted by atomic mass is 32.1. The fourth-order valence-corrected chi connectivity index (χ4v) is 3.28. The number of carbonyl (C=O) groups excluding carboxylic acids is 1. The number of halogens is 3. The van der Waals surface area contributed by atoms with Gasteiger partial charge in [0.1, 0.15) is 6.04 Å². The van der Waals surface area contributed by atoms with Crippen LogP contribution in [0.3, 0.4) is 0 Å². The molecule has 1 unspecified atom stereocenters. The van der Waals surface area contributed by atoms with Crippen molar-refractivity contribution in [3.05, 3.63) is 46.5 Å². The lowest BCUT2D eigenvalue weighted by Crippen LogP contribution is -2.48. The van der Waals surface area contributed by atoms with E-state index in [0.29, 0.717) is 36.9 Å². The van der Waals surface area contributed by atoms with Crippen molar-refractivity contribution in [2.24, 2.45) is 0 Å². The van der Waals surface area contributed by atoms with Crippen molar-refractivity contribution in [1.29, 1.82) is 0 Å². The van der Waals surface area contributed by atoms with E-state index in [1.54, 1.807) is 12.3 Å². The second-order valence-corrected chi connectivity index (χ2v) is 6.69. The maximum atomic E-state index is 12.8. The number of hydrogen-bond acceptors (Lipinski definition) is 5. The van der Waals surface area contributed by atoms with Gasteiger partial charge in [0.05, 0.1) is 18.8 Å². The summed E-state index contributed by atoms with van der Waals surface area (Å²) in [6.45, 7) is 1.48. The third-order valence-electron chi connectivity index (χ3n) is 3.65. The summed E-state index contributed by atoms with van der Waals surface area (Å²) in [5, 5.41) is 6.15. The Kier molecular flexibility index (Phi) is 5.36. The largest absolute Gasteiger partial charge is 0.416 e.